The predicted octanol–water partition coefficient (Wildman–Crippen LogP) is 4.10. The maximum Gasteiger partial charge on any atom is 0.0541 e. The van der Waals surface area contributed by atoms with Crippen LogP contribution in [-0.2, 0) is 0 Å². The van der Waals surface area contributed by atoms with E-state index in [1.54, 1.807) is 11.8 Å². The second-order valence-electron chi connectivity index (χ2n) is 4.38. The first kappa shape index (κ1) is 14.4. The van der Waals surface area contributed by atoms with E-state index in [2.05, 4.69) is 23.3 Å². The summed E-state index contributed by atoms with van der Waals surface area (Å²) in [5, 5.41) is 4.14. The summed E-state index contributed by atoms with van der Waals surface area (Å²) >= 11 is 7.93. The molecule has 0 amide bonds. The number of hydrogen-bond donors (Lipinski definition) is 1. The van der Waals surface area contributed by atoms with Crippen molar-refractivity contribution in [2.75, 3.05) is 12.8 Å². The highest BCUT2D eigenvalue weighted by atomic mass is 35.5. The highest BCUT2D eigenvalue weighted by Gasteiger charge is 2.11. The molecule has 1 N–H and O–H groups in total. The van der Waals surface area contributed by atoms with Gasteiger partial charge in [-0.25, -0.2) is 0 Å². The van der Waals surface area contributed by atoms with Gasteiger partial charge in [-0.2, -0.15) is 0 Å². The molecule has 100 valence electrons. The molecular weight excluding hydrogens is 276 g/mol. The fourth-order valence-electron chi connectivity index (χ4n) is 1.85. The summed E-state index contributed by atoms with van der Waals surface area (Å²) in [6, 6.07) is 10.4. The summed E-state index contributed by atoms with van der Waals surface area (Å²) in [5.41, 5.74) is 2.39. The maximum absolute atomic E-state index is 6.17. The van der Waals surface area contributed by atoms with Crippen LogP contribution in [0.15, 0.2) is 47.6 Å². The number of thioether (sulfide) groups is 1. The fourth-order valence-corrected chi connectivity index (χ4v) is 3.24. The molecule has 0 bridgehead atoms. The Balaban J connectivity index is 2.06. The summed E-state index contributed by atoms with van der Waals surface area (Å²) < 4.78 is 0. The van der Waals surface area contributed by atoms with Crippen LogP contribution in [0.2, 0.25) is 5.02 Å². The van der Waals surface area contributed by atoms with Crippen LogP contribution in [-0.4, -0.2) is 17.8 Å². The lowest BCUT2D eigenvalue weighted by Gasteiger charge is -2.16. The minimum Gasteiger partial charge on any atom is -0.312 e. The van der Waals surface area contributed by atoms with Crippen molar-refractivity contribution in [3.05, 3.63) is 58.9 Å². The van der Waals surface area contributed by atoms with E-state index in [9.17, 15) is 0 Å². The van der Waals surface area contributed by atoms with Crippen molar-refractivity contribution in [2.45, 2.75) is 17.9 Å². The number of rotatable bonds is 5. The summed E-state index contributed by atoms with van der Waals surface area (Å²) in [4.78, 5) is 5.37. The van der Waals surface area contributed by atoms with Crippen LogP contribution in [0.5, 0.6) is 0 Å². The first-order valence-corrected chi connectivity index (χ1v) is 7.53. The van der Waals surface area contributed by atoms with Crippen LogP contribution >= 0.6 is 23.4 Å². The molecule has 19 heavy (non-hydrogen) atoms. The number of halogens is 1. The first-order valence-electron chi connectivity index (χ1n) is 6.17. The number of benzene rings is 1. The van der Waals surface area contributed by atoms with Crippen LogP contribution < -0.4 is 5.32 Å². The lowest BCUT2D eigenvalue weighted by Crippen LogP contribution is -2.19. The molecule has 0 saturated carbocycles. The lowest BCUT2D eigenvalue weighted by atomic mass is 10.1. The number of pyridine rings is 1. The van der Waals surface area contributed by atoms with Gasteiger partial charge in [0, 0.05) is 29.1 Å². The highest BCUT2D eigenvalue weighted by molar-refractivity contribution is 7.99. The van der Waals surface area contributed by atoms with Gasteiger partial charge in [-0.1, -0.05) is 29.8 Å². The Morgan fingerprint density at radius 2 is 2.11 bits per heavy atom. The molecule has 0 aliphatic heterocycles. The van der Waals surface area contributed by atoms with Crippen molar-refractivity contribution in [3.63, 3.8) is 0 Å². The number of aryl methyl sites for hydroxylation is 1. The molecule has 0 aliphatic carbocycles. The summed E-state index contributed by atoms with van der Waals surface area (Å²) in [6.45, 7) is 2.06. The SMILES string of the molecule is CNC(CSc1ccccc1Cl)c1cncc(C)c1. The van der Waals surface area contributed by atoms with E-state index in [-0.39, 0.29) is 6.04 Å². The Morgan fingerprint density at radius 1 is 1.32 bits per heavy atom. The normalized spacial score (nSPS) is 12.4. The van der Waals surface area contributed by atoms with Gasteiger partial charge in [0.25, 0.3) is 0 Å². The van der Waals surface area contributed by atoms with Crippen LogP contribution in [0.25, 0.3) is 0 Å². The Morgan fingerprint density at radius 3 is 2.79 bits per heavy atom. The Hall–Kier alpha value is -1.03. The highest BCUT2D eigenvalue weighted by Crippen LogP contribution is 2.30. The van der Waals surface area contributed by atoms with Gasteiger partial charge in [0.2, 0.25) is 0 Å². The topological polar surface area (TPSA) is 24.9 Å². The number of aromatic nitrogens is 1. The van der Waals surface area contributed by atoms with Crippen LogP contribution in [0.4, 0.5) is 0 Å². The molecule has 0 spiro atoms. The van der Waals surface area contributed by atoms with Crippen LogP contribution in [0.1, 0.15) is 17.2 Å². The van der Waals surface area contributed by atoms with Gasteiger partial charge in [-0.3, -0.25) is 4.98 Å². The Labute approximate surface area is 123 Å². The van der Waals surface area contributed by atoms with Gasteiger partial charge < -0.3 is 5.32 Å². The first-order chi connectivity index (χ1) is 9.20. The third-order valence-corrected chi connectivity index (χ3v) is 4.50. The van der Waals surface area contributed by atoms with Crippen LogP contribution in [0, 0.1) is 6.92 Å². The molecule has 4 heteroatoms. The Bertz CT molecular complexity index is 545. The summed E-state index contributed by atoms with van der Waals surface area (Å²) in [5.74, 6) is 0.922. The zero-order chi connectivity index (χ0) is 13.7. The van der Waals surface area contributed by atoms with Crippen LogP contribution in [0.3, 0.4) is 0 Å². The van der Waals surface area contributed by atoms with E-state index in [1.165, 1.54) is 11.1 Å². The number of hydrogen-bond acceptors (Lipinski definition) is 3. The molecule has 1 heterocycles. The van der Waals surface area contributed by atoms with E-state index in [0.717, 1.165) is 15.7 Å². The van der Waals surface area contributed by atoms with E-state index < -0.39 is 0 Å². The molecule has 0 aliphatic rings. The molecule has 0 fully saturated rings. The molecule has 1 unspecified atom stereocenters. The second-order valence-corrected chi connectivity index (χ2v) is 5.85. The zero-order valence-corrected chi connectivity index (χ0v) is 12.6. The molecule has 2 aromatic rings. The molecule has 2 nitrogen and oxygen atoms in total. The molecule has 2 rings (SSSR count). The second kappa shape index (κ2) is 6.94. The smallest absolute Gasteiger partial charge is 0.0541 e. The molecular formula is C15H17ClN2S. The zero-order valence-electron chi connectivity index (χ0n) is 11.1. The van der Waals surface area contributed by atoms with Gasteiger partial charge in [-0.15, -0.1) is 11.8 Å². The minimum absolute atomic E-state index is 0.272. The van der Waals surface area contributed by atoms with Gasteiger partial charge in [0.1, 0.15) is 0 Å². The predicted molar refractivity (Wildman–Crippen MR) is 83.0 cm³/mol. The summed E-state index contributed by atoms with van der Waals surface area (Å²) in [6.07, 6.45) is 3.79. The maximum atomic E-state index is 6.17. The van der Waals surface area contributed by atoms with E-state index >= 15 is 0 Å². The Kier molecular flexibility index (Phi) is 5.25. The number of nitrogens with zero attached hydrogens (tertiary/aromatic N) is 1. The van der Waals surface area contributed by atoms with Crippen molar-refractivity contribution in [2.24, 2.45) is 0 Å². The largest absolute Gasteiger partial charge is 0.312 e. The van der Waals surface area contributed by atoms with Gasteiger partial charge in [0.05, 0.1) is 5.02 Å². The molecule has 0 radical (unpaired) electrons. The minimum atomic E-state index is 0.272. The fraction of sp³-hybridized carbons (Fsp3) is 0.267. The van der Waals surface area contributed by atoms with Gasteiger partial charge in [-0.05, 0) is 37.2 Å². The average molecular weight is 293 g/mol. The van der Waals surface area contributed by atoms with Crippen molar-refractivity contribution in [3.8, 4) is 0 Å². The standard InChI is InChI=1S/C15H17ClN2S/c1-11-7-12(9-18-8-11)14(17-2)10-19-15-6-4-3-5-13(15)16/h3-9,14,17H,10H2,1-2H3. The van der Waals surface area contributed by atoms with Crippen molar-refractivity contribution in [1.82, 2.24) is 10.3 Å². The summed E-state index contributed by atoms with van der Waals surface area (Å²) in [7, 11) is 1.97. The third kappa shape index (κ3) is 3.96. The third-order valence-electron chi connectivity index (χ3n) is 2.89. The lowest BCUT2D eigenvalue weighted by molar-refractivity contribution is 0.658. The molecule has 1 atom stereocenters. The van der Waals surface area contributed by atoms with Crippen molar-refractivity contribution >= 4 is 23.4 Å². The molecule has 1 aromatic heterocycles. The van der Waals surface area contributed by atoms with E-state index in [4.69, 9.17) is 11.6 Å². The van der Waals surface area contributed by atoms with Gasteiger partial charge in [0.15, 0.2) is 0 Å². The van der Waals surface area contributed by atoms with Gasteiger partial charge >= 0.3 is 0 Å². The average Bonchev–Trinajstić information content (AvgIpc) is 2.41. The molecule has 0 saturated heterocycles. The quantitative estimate of drug-likeness (QED) is 0.840. The van der Waals surface area contributed by atoms with Crippen molar-refractivity contribution in [1.29, 1.82) is 0 Å². The number of nitrogens with one attached hydrogen (secondary N) is 1. The van der Waals surface area contributed by atoms with Crippen molar-refractivity contribution < 1.29 is 0 Å². The molecule has 1 aromatic carbocycles. The van der Waals surface area contributed by atoms with E-state index in [1.807, 2.05) is 43.7 Å². The monoisotopic (exact) mass is 292 g/mol. The van der Waals surface area contributed by atoms with E-state index in [0.29, 0.717) is 0 Å².